The van der Waals surface area contributed by atoms with Crippen LogP contribution in [0.3, 0.4) is 0 Å². The molecule has 2 heterocycles. The van der Waals surface area contributed by atoms with Crippen LogP contribution in [0.25, 0.3) is 5.82 Å². The van der Waals surface area contributed by atoms with Crippen molar-refractivity contribution in [1.29, 1.82) is 0 Å². The van der Waals surface area contributed by atoms with E-state index in [0.717, 1.165) is 42.7 Å². The van der Waals surface area contributed by atoms with Crippen molar-refractivity contribution in [3.63, 3.8) is 0 Å². The summed E-state index contributed by atoms with van der Waals surface area (Å²) in [6, 6.07) is 4.17. The third kappa shape index (κ3) is 3.38. The minimum absolute atomic E-state index is 0.770. The molecule has 102 valence electrons. The second kappa shape index (κ2) is 5.93. The van der Waals surface area contributed by atoms with E-state index >= 15 is 0 Å². The van der Waals surface area contributed by atoms with Crippen molar-refractivity contribution in [3.05, 3.63) is 35.0 Å². The van der Waals surface area contributed by atoms with Crippen LogP contribution in [0, 0.1) is 20.8 Å². The molecule has 0 fully saturated rings. The van der Waals surface area contributed by atoms with Gasteiger partial charge in [-0.3, -0.25) is 0 Å². The molecule has 0 unspecified atom stereocenters. The minimum atomic E-state index is 0.770. The van der Waals surface area contributed by atoms with Gasteiger partial charge in [0.1, 0.15) is 11.6 Å². The Kier molecular flexibility index (Phi) is 4.27. The number of hydrogen-bond donors (Lipinski definition) is 1. The molecule has 1 N–H and O–H groups in total. The van der Waals surface area contributed by atoms with Crippen molar-refractivity contribution in [2.75, 3.05) is 6.54 Å². The highest BCUT2D eigenvalue weighted by Gasteiger charge is 2.08. The molecule has 0 aliphatic carbocycles. The summed E-state index contributed by atoms with van der Waals surface area (Å²) < 4.78 is 1.80. The molecule has 5 nitrogen and oxygen atoms in total. The lowest BCUT2D eigenvalue weighted by Crippen LogP contribution is -2.15. The molecule has 19 heavy (non-hydrogen) atoms. The van der Waals surface area contributed by atoms with Crippen LogP contribution >= 0.6 is 0 Å². The topological polar surface area (TPSA) is 55.6 Å². The fourth-order valence-corrected chi connectivity index (χ4v) is 2.08. The van der Waals surface area contributed by atoms with Gasteiger partial charge in [-0.25, -0.2) is 9.97 Å². The summed E-state index contributed by atoms with van der Waals surface area (Å²) in [6.45, 7) is 9.89. The van der Waals surface area contributed by atoms with E-state index in [0.29, 0.717) is 0 Å². The van der Waals surface area contributed by atoms with Gasteiger partial charge in [-0.2, -0.15) is 4.68 Å². The number of aromatic nitrogens is 4. The lowest BCUT2D eigenvalue weighted by atomic mass is 10.2. The van der Waals surface area contributed by atoms with Crippen LogP contribution in [0.4, 0.5) is 0 Å². The molecular formula is C14H21N5. The first-order valence-corrected chi connectivity index (χ1v) is 6.69. The highest BCUT2D eigenvalue weighted by atomic mass is 15.4. The molecule has 0 atom stereocenters. The summed E-state index contributed by atoms with van der Waals surface area (Å²) in [4.78, 5) is 8.86. The standard InChI is InChI=1S/C14H21N5/c1-5-6-15-9-13-7-10(2)16-14(8-13)19-12(4)17-11(3)18-19/h7-8,15H,5-6,9H2,1-4H3. The van der Waals surface area contributed by atoms with Crippen LogP contribution in [0.5, 0.6) is 0 Å². The molecule has 2 rings (SSSR count). The molecule has 0 aliphatic rings. The van der Waals surface area contributed by atoms with Crippen LogP contribution in [0.15, 0.2) is 12.1 Å². The Hall–Kier alpha value is -1.75. The number of pyridine rings is 1. The number of rotatable bonds is 5. The van der Waals surface area contributed by atoms with Crippen molar-refractivity contribution in [2.24, 2.45) is 0 Å². The van der Waals surface area contributed by atoms with Crippen molar-refractivity contribution in [3.8, 4) is 5.82 Å². The van der Waals surface area contributed by atoms with E-state index in [2.05, 4.69) is 39.4 Å². The van der Waals surface area contributed by atoms with Gasteiger partial charge in [0.2, 0.25) is 0 Å². The summed E-state index contributed by atoms with van der Waals surface area (Å²) in [5.41, 5.74) is 2.22. The maximum absolute atomic E-state index is 4.54. The van der Waals surface area contributed by atoms with Crippen LogP contribution in [-0.2, 0) is 6.54 Å². The van der Waals surface area contributed by atoms with E-state index in [9.17, 15) is 0 Å². The van der Waals surface area contributed by atoms with Gasteiger partial charge in [0, 0.05) is 12.2 Å². The van der Waals surface area contributed by atoms with Crippen molar-refractivity contribution in [1.82, 2.24) is 25.1 Å². The number of nitrogens with zero attached hydrogens (tertiary/aromatic N) is 4. The fraction of sp³-hybridized carbons (Fsp3) is 0.500. The predicted octanol–water partition coefficient (Wildman–Crippen LogP) is 2.09. The summed E-state index contributed by atoms with van der Waals surface area (Å²) in [5.74, 6) is 2.47. The zero-order valence-electron chi connectivity index (χ0n) is 12.1. The average molecular weight is 259 g/mol. The Morgan fingerprint density at radius 3 is 2.58 bits per heavy atom. The number of nitrogens with one attached hydrogen (secondary N) is 1. The monoisotopic (exact) mass is 259 g/mol. The lowest BCUT2D eigenvalue weighted by Gasteiger charge is -2.08. The van der Waals surface area contributed by atoms with Crippen LogP contribution in [0.2, 0.25) is 0 Å². The summed E-state index contributed by atoms with van der Waals surface area (Å²) in [7, 11) is 0. The largest absolute Gasteiger partial charge is 0.313 e. The van der Waals surface area contributed by atoms with Gasteiger partial charge in [-0.1, -0.05) is 6.92 Å². The van der Waals surface area contributed by atoms with E-state index in [4.69, 9.17) is 0 Å². The molecule has 0 saturated heterocycles. The van der Waals surface area contributed by atoms with E-state index in [1.165, 1.54) is 5.56 Å². The number of aryl methyl sites for hydroxylation is 3. The number of hydrogen-bond acceptors (Lipinski definition) is 4. The van der Waals surface area contributed by atoms with E-state index < -0.39 is 0 Å². The first-order chi connectivity index (χ1) is 9.10. The Morgan fingerprint density at radius 1 is 1.16 bits per heavy atom. The van der Waals surface area contributed by atoms with Gasteiger partial charge in [0.05, 0.1) is 0 Å². The van der Waals surface area contributed by atoms with Gasteiger partial charge in [0.15, 0.2) is 5.82 Å². The molecule has 0 bridgehead atoms. The predicted molar refractivity (Wildman–Crippen MR) is 75.4 cm³/mol. The molecule has 0 radical (unpaired) electrons. The average Bonchev–Trinajstić information content (AvgIpc) is 2.68. The van der Waals surface area contributed by atoms with Gasteiger partial charge >= 0.3 is 0 Å². The highest BCUT2D eigenvalue weighted by Crippen LogP contribution is 2.11. The van der Waals surface area contributed by atoms with Crippen molar-refractivity contribution in [2.45, 2.75) is 40.7 Å². The Labute approximate surface area is 114 Å². The molecular weight excluding hydrogens is 238 g/mol. The second-order valence-corrected chi connectivity index (χ2v) is 4.77. The van der Waals surface area contributed by atoms with Gasteiger partial charge in [-0.15, -0.1) is 5.10 Å². The molecule has 0 aromatic carbocycles. The summed E-state index contributed by atoms with van der Waals surface area (Å²) >= 11 is 0. The molecule has 0 spiro atoms. The fourth-order valence-electron chi connectivity index (χ4n) is 2.08. The van der Waals surface area contributed by atoms with Crippen LogP contribution in [0.1, 0.15) is 36.3 Å². The smallest absolute Gasteiger partial charge is 0.156 e. The van der Waals surface area contributed by atoms with E-state index in [1.54, 1.807) is 4.68 Å². The van der Waals surface area contributed by atoms with Crippen molar-refractivity contribution < 1.29 is 0 Å². The van der Waals surface area contributed by atoms with Gasteiger partial charge in [-0.05, 0) is 51.4 Å². The van der Waals surface area contributed by atoms with Gasteiger partial charge in [0.25, 0.3) is 0 Å². The molecule has 2 aromatic heterocycles. The Bertz CT molecular complexity index is 559. The second-order valence-electron chi connectivity index (χ2n) is 4.77. The molecule has 2 aromatic rings. The quantitative estimate of drug-likeness (QED) is 0.835. The summed E-state index contributed by atoms with van der Waals surface area (Å²) in [5, 5.41) is 7.79. The lowest BCUT2D eigenvalue weighted by molar-refractivity contribution is 0.672. The molecule has 5 heteroatoms. The minimum Gasteiger partial charge on any atom is -0.313 e. The van der Waals surface area contributed by atoms with E-state index in [-0.39, 0.29) is 0 Å². The van der Waals surface area contributed by atoms with Crippen LogP contribution in [-0.4, -0.2) is 26.3 Å². The SMILES string of the molecule is CCCNCc1cc(C)nc(-n2nc(C)nc2C)c1. The maximum Gasteiger partial charge on any atom is 0.156 e. The van der Waals surface area contributed by atoms with Crippen LogP contribution < -0.4 is 5.32 Å². The Balaban J connectivity index is 2.28. The molecule has 0 aliphatic heterocycles. The van der Waals surface area contributed by atoms with Crippen molar-refractivity contribution >= 4 is 0 Å². The summed E-state index contributed by atoms with van der Waals surface area (Å²) in [6.07, 6.45) is 1.14. The first kappa shape index (κ1) is 13.7. The molecule has 0 saturated carbocycles. The third-order valence-corrected chi connectivity index (χ3v) is 2.85. The highest BCUT2D eigenvalue weighted by molar-refractivity contribution is 5.30. The normalized spacial score (nSPS) is 10.9. The molecule has 0 amide bonds. The Morgan fingerprint density at radius 2 is 1.95 bits per heavy atom. The zero-order chi connectivity index (χ0) is 13.8. The zero-order valence-corrected chi connectivity index (χ0v) is 12.1. The van der Waals surface area contributed by atoms with E-state index in [1.807, 2.05) is 20.8 Å². The third-order valence-electron chi connectivity index (χ3n) is 2.85. The maximum atomic E-state index is 4.54. The van der Waals surface area contributed by atoms with Gasteiger partial charge < -0.3 is 5.32 Å². The first-order valence-electron chi connectivity index (χ1n) is 6.69.